The van der Waals surface area contributed by atoms with Crippen LogP contribution in [0.4, 0.5) is 0 Å². The Bertz CT molecular complexity index is 887. The first-order valence-corrected chi connectivity index (χ1v) is 8.23. The Hall–Kier alpha value is -2.99. The molecule has 0 aliphatic rings. The van der Waals surface area contributed by atoms with Crippen molar-refractivity contribution < 1.29 is 9.59 Å². The average molecular weight is 337 g/mol. The Balaban J connectivity index is 1.51. The van der Waals surface area contributed by atoms with Crippen LogP contribution in [-0.2, 0) is 4.79 Å². The lowest BCUT2D eigenvalue weighted by Crippen LogP contribution is -2.34. The molecule has 0 fully saturated rings. The van der Waals surface area contributed by atoms with Gasteiger partial charge in [-0.1, -0.05) is 36.4 Å². The second-order valence-corrected chi connectivity index (χ2v) is 5.94. The van der Waals surface area contributed by atoms with Gasteiger partial charge in [0.05, 0.1) is 12.8 Å². The molecule has 120 valence electrons. The number of thiophene rings is 1. The number of nitrogens with one attached hydrogen (secondary N) is 2. The third-order valence-corrected chi connectivity index (χ3v) is 4.33. The first-order valence-electron chi connectivity index (χ1n) is 7.35. The molecule has 0 saturated heterocycles. The van der Waals surface area contributed by atoms with Gasteiger partial charge in [0, 0.05) is 26.6 Å². The summed E-state index contributed by atoms with van der Waals surface area (Å²) >= 11 is 1.62. The van der Waals surface area contributed by atoms with Gasteiger partial charge in [-0.05, 0) is 18.2 Å². The van der Waals surface area contributed by atoms with Crippen molar-refractivity contribution in [1.29, 1.82) is 0 Å². The molecule has 0 radical (unpaired) electrons. The van der Waals surface area contributed by atoms with Crippen LogP contribution in [0, 0.1) is 0 Å². The van der Waals surface area contributed by atoms with Gasteiger partial charge in [0.2, 0.25) is 0 Å². The predicted octanol–water partition coefficient (Wildman–Crippen LogP) is 2.78. The molecule has 0 bridgehead atoms. The zero-order valence-electron chi connectivity index (χ0n) is 12.7. The molecule has 24 heavy (non-hydrogen) atoms. The van der Waals surface area contributed by atoms with Crippen molar-refractivity contribution in [2.24, 2.45) is 5.10 Å². The summed E-state index contributed by atoms with van der Waals surface area (Å²) in [5, 5.41) is 9.57. The van der Waals surface area contributed by atoms with Crippen LogP contribution in [0.5, 0.6) is 0 Å². The van der Waals surface area contributed by atoms with Crippen molar-refractivity contribution in [3.05, 3.63) is 71.1 Å². The number of nitrogens with zero attached hydrogens (tertiary/aromatic N) is 1. The summed E-state index contributed by atoms with van der Waals surface area (Å²) in [5.41, 5.74) is 3.87. The van der Waals surface area contributed by atoms with Crippen molar-refractivity contribution in [3.8, 4) is 0 Å². The second kappa shape index (κ2) is 7.52. The first kappa shape index (κ1) is 15.9. The Morgan fingerprint density at radius 2 is 1.79 bits per heavy atom. The highest BCUT2D eigenvalue weighted by Crippen LogP contribution is 2.23. The molecule has 0 spiro atoms. The molecule has 3 aromatic rings. The van der Waals surface area contributed by atoms with Gasteiger partial charge in [-0.15, -0.1) is 11.3 Å². The average Bonchev–Trinajstić information content (AvgIpc) is 3.04. The maximum atomic E-state index is 11.8. The highest BCUT2D eigenvalue weighted by atomic mass is 32.1. The Kier molecular flexibility index (Phi) is 4.98. The Morgan fingerprint density at radius 1 is 1.04 bits per heavy atom. The van der Waals surface area contributed by atoms with E-state index < -0.39 is 0 Å². The molecule has 0 saturated carbocycles. The molecule has 0 aliphatic carbocycles. The minimum atomic E-state index is -0.380. The number of rotatable bonds is 5. The topological polar surface area (TPSA) is 70.6 Å². The lowest BCUT2D eigenvalue weighted by Gasteiger charge is -2.03. The standard InChI is InChI=1S/C18H15N3O2S/c22-17(11-19-18(23)13-6-2-1-3-7-13)21-20-10-14-12-24-16-9-5-4-8-15(14)16/h1-10,12H,11H2,(H,19,23)(H,21,22). The molecule has 1 heterocycles. The minimum Gasteiger partial charge on any atom is -0.343 e. The van der Waals surface area contributed by atoms with Crippen molar-refractivity contribution in [3.63, 3.8) is 0 Å². The number of hydrazone groups is 1. The van der Waals surface area contributed by atoms with E-state index in [2.05, 4.69) is 15.8 Å². The number of hydrogen-bond donors (Lipinski definition) is 2. The highest BCUT2D eigenvalue weighted by molar-refractivity contribution is 7.17. The summed E-state index contributed by atoms with van der Waals surface area (Å²) in [4.78, 5) is 23.6. The van der Waals surface area contributed by atoms with Crippen LogP contribution in [0.15, 0.2) is 65.1 Å². The smallest absolute Gasteiger partial charge is 0.259 e. The highest BCUT2D eigenvalue weighted by Gasteiger charge is 2.06. The number of benzene rings is 2. The van der Waals surface area contributed by atoms with Crippen LogP contribution in [0.3, 0.4) is 0 Å². The summed E-state index contributed by atoms with van der Waals surface area (Å²) in [6, 6.07) is 16.7. The summed E-state index contributed by atoms with van der Waals surface area (Å²) in [5.74, 6) is -0.673. The van der Waals surface area contributed by atoms with Crippen LogP contribution in [-0.4, -0.2) is 24.6 Å². The largest absolute Gasteiger partial charge is 0.343 e. The lowest BCUT2D eigenvalue weighted by atomic mass is 10.2. The third kappa shape index (κ3) is 3.85. The van der Waals surface area contributed by atoms with E-state index in [1.54, 1.807) is 41.8 Å². The molecule has 0 unspecified atom stereocenters. The molecule has 5 nitrogen and oxygen atoms in total. The molecule has 2 amide bonds. The van der Waals surface area contributed by atoms with Crippen molar-refractivity contribution >= 4 is 39.5 Å². The van der Waals surface area contributed by atoms with Crippen LogP contribution >= 0.6 is 11.3 Å². The minimum absolute atomic E-state index is 0.130. The van der Waals surface area contributed by atoms with Gasteiger partial charge in [-0.3, -0.25) is 9.59 Å². The molecule has 2 aromatic carbocycles. The van der Waals surface area contributed by atoms with E-state index in [0.717, 1.165) is 10.9 Å². The number of carbonyl (C=O) groups is 2. The van der Waals surface area contributed by atoms with Crippen LogP contribution in [0.1, 0.15) is 15.9 Å². The molecule has 6 heteroatoms. The van der Waals surface area contributed by atoms with E-state index >= 15 is 0 Å². The van der Waals surface area contributed by atoms with Gasteiger partial charge in [-0.2, -0.15) is 5.10 Å². The quantitative estimate of drug-likeness (QED) is 0.555. The fourth-order valence-corrected chi connectivity index (χ4v) is 3.08. The Labute approximate surface area is 143 Å². The zero-order chi connectivity index (χ0) is 16.8. The van der Waals surface area contributed by atoms with Crippen LogP contribution in [0.2, 0.25) is 0 Å². The summed E-state index contributed by atoms with van der Waals surface area (Å²) in [7, 11) is 0. The van der Waals surface area contributed by atoms with E-state index in [9.17, 15) is 9.59 Å². The maximum Gasteiger partial charge on any atom is 0.259 e. The van der Waals surface area contributed by atoms with Crippen LogP contribution < -0.4 is 10.7 Å². The summed E-state index contributed by atoms with van der Waals surface area (Å²) in [6.07, 6.45) is 1.61. The van der Waals surface area contributed by atoms with E-state index in [-0.39, 0.29) is 18.4 Å². The van der Waals surface area contributed by atoms with E-state index in [1.807, 2.05) is 35.7 Å². The fourth-order valence-electron chi connectivity index (χ4n) is 2.16. The summed E-state index contributed by atoms with van der Waals surface area (Å²) < 4.78 is 1.17. The number of amides is 2. The van der Waals surface area contributed by atoms with Crippen LogP contribution in [0.25, 0.3) is 10.1 Å². The summed E-state index contributed by atoms with van der Waals surface area (Å²) in [6.45, 7) is -0.130. The number of hydrogen-bond acceptors (Lipinski definition) is 4. The molecule has 3 rings (SSSR count). The normalized spacial score (nSPS) is 10.8. The van der Waals surface area contributed by atoms with Crippen molar-refractivity contribution in [2.45, 2.75) is 0 Å². The molecule has 0 atom stereocenters. The van der Waals surface area contributed by atoms with Gasteiger partial charge in [0.1, 0.15) is 0 Å². The second-order valence-electron chi connectivity index (χ2n) is 5.03. The molecule has 1 aromatic heterocycles. The fraction of sp³-hybridized carbons (Fsp3) is 0.0556. The van der Waals surface area contributed by atoms with Crippen molar-refractivity contribution in [2.75, 3.05) is 6.54 Å². The zero-order valence-corrected chi connectivity index (χ0v) is 13.5. The van der Waals surface area contributed by atoms with E-state index in [0.29, 0.717) is 5.56 Å². The van der Waals surface area contributed by atoms with E-state index in [4.69, 9.17) is 0 Å². The molecular weight excluding hydrogens is 322 g/mol. The number of fused-ring (bicyclic) bond motifs is 1. The van der Waals surface area contributed by atoms with Gasteiger partial charge >= 0.3 is 0 Å². The van der Waals surface area contributed by atoms with E-state index in [1.165, 1.54) is 4.70 Å². The third-order valence-electron chi connectivity index (χ3n) is 3.35. The molecule has 2 N–H and O–H groups in total. The molecular formula is C18H15N3O2S. The SMILES string of the molecule is O=C(CNC(=O)c1ccccc1)NN=Cc1csc2ccccc12. The van der Waals surface area contributed by atoms with Gasteiger partial charge in [0.15, 0.2) is 0 Å². The Morgan fingerprint density at radius 3 is 2.62 bits per heavy atom. The predicted molar refractivity (Wildman–Crippen MR) is 96.3 cm³/mol. The number of carbonyl (C=O) groups excluding carboxylic acids is 2. The lowest BCUT2D eigenvalue weighted by molar-refractivity contribution is -0.120. The molecule has 0 aliphatic heterocycles. The maximum absolute atomic E-state index is 11.8. The van der Waals surface area contributed by atoms with Crippen molar-refractivity contribution in [1.82, 2.24) is 10.7 Å². The van der Waals surface area contributed by atoms with Gasteiger partial charge in [-0.25, -0.2) is 5.43 Å². The van der Waals surface area contributed by atoms with Gasteiger partial charge < -0.3 is 5.32 Å². The first-order chi connectivity index (χ1) is 11.7. The van der Waals surface area contributed by atoms with Gasteiger partial charge in [0.25, 0.3) is 11.8 Å². The monoisotopic (exact) mass is 337 g/mol.